The second kappa shape index (κ2) is 3.43. The molecule has 70 valence electrons. The highest BCUT2D eigenvalue weighted by Gasteiger charge is 2.09. The van der Waals surface area contributed by atoms with Gasteiger partial charge in [-0.25, -0.2) is 4.39 Å². The molecular weight excluding hydrogens is 173 g/mol. The third-order valence-electron chi connectivity index (χ3n) is 1.88. The number of hydrogen-bond acceptors (Lipinski definition) is 3. The molecule has 13 heavy (non-hydrogen) atoms. The molecule has 0 aromatic heterocycles. The van der Waals surface area contributed by atoms with Crippen molar-refractivity contribution in [2.24, 2.45) is 0 Å². The molecule has 2 N–H and O–H groups in total. The summed E-state index contributed by atoms with van der Waals surface area (Å²) in [5, 5.41) is 10.6. The highest BCUT2D eigenvalue weighted by molar-refractivity contribution is 5.89. The van der Waals surface area contributed by atoms with E-state index < -0.39 is 11.8 Å². The van der Waals surface area contributed by atoms with E-state index in [1.54, 1.807) is 6.92 Å². The summed E-state index contributed by atoms with van der Waals surface area (Å²) < 4.78 is 12.9. The van der Waals surface area contributed by atoms with Gasteiger partial charge in [-0.15, -0.1) is 0 Å². The summed E-state index contributed by atoms with van der Waals surface area (Å²) >= 11 is 0. The quantitative estimate of drug-likeness (QED) is 0.670. The predicted molar refractivity (Wildman–Crippen MR) is 44.5 cm³/mol. The molecule has 0 unspecified atom stereocenters. The lowest BCUT2D eigenvalue weighted by molar-refractivity contribution is -0.255. The van der Waals surface area contributed by atoms with E-state index in [9.17, 15) is 14.3 Å². The van der Waals surface area contributed by atoms with E-state index in [1.807, 2.05) is 0 Å². The SMILES string of the molecule is CCc1c(C(=O)[O-])ccc(F)c1N. The molecule has 0 atom stereocenters. The Kier molecular flexibility index (Phi) is 2.51. The predicted octanol–water partition coefficient (Wildman–Crippen LogP) is 0.334. The Hall–Kier alpha value is -1.58. The third-order valence-corrected chi connectivity index (χ3v) is 1.88. The van der Waals surface area contributed by atoms with E-state index in [-0.39, 0.29) is 11.3 Å². The van der Waals surface area contributed by atoms with Crippen molar-refractivity contribution >= 4 is 11.7 Å². The maximum atomic E-state index is 12.9. The average Bonchev–Trinajstić information content (AvgIpc) is 2.09. The summed E-state index contributed by atoms with van der Waals surface area (Å²) in [6, 6.07) is 2.19. The zero-order chi connectivity index (χ0) is 10.0. The van der Waals surface area contributed by atoms with Crippen LogP contribution in [0.2, 0.25) is 0 Å². The first kappa shape index (κ1) is 9.51. The van der Waals surface area contributed by atoms with E-state index in [0.29, 0.717) is 12.0 Å². The molecular formula is C9H9FNO2-. The van der Waals surface area contributed by atoms with Crippen LogP contribution in [-0.4, -0.2) is 5.97 Å². The van der Waals surface area contributed by atoms with Gasteiger partial charge in [-0.05, 0) is 24.1 Å². The van der Waals surface area contributed by atoms with Gasteiger partial charge in [0, 0.05) is 5.56 Å². The smallest absolute Gasteiger partial charge is 0.146 e. The second-order valence-electron chi connectivity index (χ2n) is 2.63. The van der Waals surface area contributed by atoms with Crippen LogP contribution in [0.25, 0.3) is 0 Å². The largest absolute Gasteiger partial charge is 0.545 e. The average molecular weight is 182 g/mol. The molecule has 0 fully saturated rings. The molecule has 0 heterocycles. The second-order valence-corrected chi connectivity index (χ2v) is 2.63. The number of carboxylic acids is 1. The molecule has 0 aliphatic rings. The molecule has 0 saturated heterocycles. The molecule has 4 heteroatoms. The maximum Gasteiger partial charge on any atom is 0.146 e. The summed E-state index contributed by atoms with van der Waals surface area (Å²) in [6.45, 7) is 1.71. The van der Waals surface area contributed by atoms with Crippen LogP contribution in [0.3, 0.4) is 0 Å². The third kappa shape index (κ3) is 1.61. The Morgan fingerprint density at radius 2 is 2.23 bits per heavy atom. The van der Waals surface area contributed by atoms with Gasteiger partial charge in [-0.3, -0.25) is 0 Å². The van der Waals surface area contributed by atoms with Crippen LogP contribution < -0.4 is 10.8 Å². The molecule has 1 aromatic carbocycles. The lowest BCUT2D eigenvalue weighted by Crippen LogP contribution is -2.24. The van der Waals surface area contributed by atoms with Crippen LogP contribution in [0.1, 0.15) is 22.8 Å². The van der Waals surface area contributed by atoms with Gasteiger partial charge < -0.3 is 15.6 Å². The Balaban J connectivity index is 3.38. The van der Waals surface area contributed by atoms with Crippen LogP contribution in [0.4, 0.5) is 10.1 Å². The summed E-state index contributed by atoms with van der Waals surface area (Å²) in [7, 11) is 0. The summed E-state index contributed by atoms with van der Waals surface area (Å²) in [5.74, 6) is -1.93. The van der Waals surface area contributed by atoms with E-state index in [0.717, 1.165) is 6.07 Å². The van der Waals surface area contributed by atoms with Gasteiger partial charge in [0.2, 0.25) is 0 Å². The lowest BCUT2D eigenvalue weighted by atomic mass is 10.0. The first-order valence-electron chi connectivity index (χ1n) is 3.86. The fraction of sp³-hybridized carbons (Fsp3) is 0.222. The van der Waals surface area contributed by atoms with Gasteiger partial charge >= 0.3 is 0 Å². The van der Waals surface area contributed by atoms with E-state index in [4.69, 9.17) is 5.73 Å². The van der Waals surface area contributed by atoms with Gasteiger partial charge in [-0.1, -0.05) is 6.92 Å². The number of anilines is 1. The van der Waals surface area contributed by atoms with E-state index in [2.05, 4.69) is 0 Å². The number of nitrogen functional groups attached to an aromatic ring is 1. The zero-order valence-corrected chi connectivity index (χ0v) is 7.13. The minimum Gasteiger partial charge on any atom is -0.545 e. The molecule has 0 aliphatic carbocycles. The number of benzene rings is 1. The number of rotatable bonds is 2. The summed E-state index contributed by atoms with van der Waals surface area (Å²) in [5.41, 5.74) is 5.51. The highest BCUT2D eigenvalue weighted by Crippen LogP contribution is 2.20. The molecule has 0 saturated carbocycles. The standard InChI is InChI=1S/C9H10FNO2/c1-2-5-6(9(12)13)3-4-7(10)8(5)11/h3-4H,2,11H2,1H3,(H,12,13)/p-1. The summed E-state index contributed by atoms with van der Waals surface area (Å²) in [4.78, 5) is 10.6. The number of hydrogen-bond donors (Lipinski definition) is 1. The molecule has 0 spiro atoms. The van der Waals surface area contributed by atoms with Gasteiger partial charge in [-0.2, -0.15) is 0 Å². The Morgan fingerprint density at radius 3 is 2.69 bits per heavy atom. The van der Waals surface area contributed by atoms with Gasteiger partial charge in [0.1, 0.15) is 5.82 Å². The first-order chi connectivity index (χ1) is 6.07. The minimum absolute atomic E-state index is 0.0404. The van der Waals surface area contributed by atoms with Gasteiger partial charge in [0.25, 0.3) is 0 Å². The molecule has 3 nitrogen and oxygen atoms in total. The highest BCUT2D eigenvalue weighted by atomic mass is 19.1. The molecule has 0 radical (unpaired) electrons. The van der Waals surface area contributed by atoms with Crippen molar-refractivity contribution in [1.82, 2.24) is 0 Å². The van der Waals surface area contributed by atoms with Crippen molar-refractivity contribution in [3.63, 3.8) is 0 Å². The van der Waals surface area contributed by atoms with Crippen molar-refractivity contribution in [2.75, 3.05) is 5.73 Å². The lowest BCUT2D eigenvalue weighted by Gasteiger charge is -2.11. The minimum atomic E-state index is -1.33. The van der Waals surface area contributed by atoms with Crippen LogP contribution in [0.15, 0.2) is 12.1 Å². The number of carbonyl (C=O) groups excluding carboxylic acids is 1. The van der Waals surface area contributed by atoms with Gasteiger partial charge in [0.05, 0.1) is 11.7 Å². The van der Waals surface area contributed by atoms with Crippen LogP contribution in [0, 0.1) is 5.82 Å². The van der Waals surface area contributed by atoms with Crippen molar-refractivity contribution in [1.29, 1.82) is 0 Å². The molecule has 1 rings (SSSR count). The molecule has 1 aromatic rings. The Morgan fingerprint density at radius 1 is 1.62 bits per heavy atom. The number of carboxylic acid groups (broad SMARTS) is 1. The van der Waals surface area contributed by atoms with Crippen molar-refractivity contribution in [3.05, 3.63) is 29.1 Å². The Labute approximate surface area is 75.0 Å². The zero-order valence-electron chi connectivity index (χ0n) is 7.13. The van der Waals surface area contributed by atoms with E-state index >= 15 is 0 Å². The monoisotopic (exact) mass is 182 g/mol. The Bertz CT molecular complexity index is 350. The van der Waals surface area contributed by atoms with Crippen molar-refractivity contribution < 1.29 is 14.3 Å². The fourth-order valence-corrected chi connectivity index (χ4v) is 1.21. The normalized spacial score (nSPS) is 10.0. The fourth-order valence-electron chi connectivity index (χ4n) is 1.21. The molecule has 0 bridgehead atoms. The topological polar surface area (TPSA) is 66.1 Å². The van der Waals surface area contributed by atoms with Crippen LogP contribution in [-0.2, 0) is 6.42 Å². The maximum absolute atomic E-state index is 12.9. The first-order valence-corrected chi connectivity index (χ1v) is 3.86. The number of aromatic carboxylic acids is 1. The summed E-state index contributed by atoms with van der Waals surface area (Å²) in [6.07, 6.45) is 0.368. The van der Waals surface area contributed by atoms with Crippen LogP contribution in [0.5, 0.6) is 0 Å². The molecule has 0 amide bonds. The molecule has 0 aliphatic heterocycles. The van der Waals surface area contributed by atoms with Gasteiger partial charge in [0.15, 0.2) is 0 Å². The van der Waals surface area contributed by atoms with E-state index in [1.165, 1.54) is 6.07 Å². The van der Waals surface area contributed by atoms with Crippen molar-refractivity contribution in [2.45, 2.75) is 13.3 Å². The van der Waals surface area contributed by atoms with Crippen LogP contribution >= 0.6 is 0 Å². The number of carbonyl (C=O) groups is 1. The number of halogens is 1. The van der Waals surface area contributed by atoms with Crippen molar-refractivity contribution in [3.8, 4) is 0 Å². The number of nitrogens with two attached hydrogens (primary N) is 1.